The maximum atomic E-state index is 11.7. The molecular formula is C14H30N2O2. The molecule has 0 saturated carbocycles. The molecule has 0 aliphatic carbocycles. The van der Waals surface area contributed by atoms with Gasteiger partial charge in [-0.15, -0.1) is 0 Å². The number of carbonyl (C=O) groups is 1. The molecule has 0 spiro atoms. The van der Waals surface area contributed by atoms with Gasteiger partial charge in [-0.25, -0.2) is 0 Å². The third-order valence-corrected chi connectivity index (χ3v) is 2.99. The molecule has 2 N–H and O–H groups in total. The minimum atomic E-state index is -0.889. The first-order valence-corrected chi connectivity index (χ1v) is 6.90. The summed E-state index contributed by atoms with van der Waals surface area (Å²) >= 11 is 0. The van der Waals surface area contributed by atoms with Crippen molar-refractivity contribution in [3.63, 3.8) is 0 Å². The van der Waals surface area contributed by atoms with Crippen LogP contribution in [0.15, 0.2) is 0 Å². The number of hydrogen-bond donors (Lipinski definition) is 1. The Hall–Kier alpha value is -0.610. The van der Waals surface area contributed by atoms with Crippen molar-refractivity contribution in [1.29, 1.82) is 0 Å². The number of nitrogens with zero attached hydrogens (tertiary/aromatic N) is 1. The highest BCUT2D eigenvalue weighted by Crippen LogP contribution is 2.12. The molecule has 0 aromatic carbocycles. The Labute approximate surface area is 112 Å². The molecule has 0 rings (SSSR count). The predicted octanol–water partition coefficient (Wildman–Crippen LogP) is 2.02. The summed E-state index contributed by atoms with van der Waals surface area (Å²) in [5.74, 6) is 0.303. The van der Waals surface area contributed by atoms with Crippen LogP contribution in [0.4, 0.5) is 0 Å². The second kappa shape index (κ2) is 7.74. The van der Waals surface area contributed by atoms with Gasteiger partial charge >= 0.3 is 5.97 Å². The summed E-state index contributed by atoms with van der Waals surface area (Å²) in [6.07, 6.45) is 0.622. The van der Waals surface area contributed by atoms with E-state index in [2.05, 4.69) is 32.6 Å². The molecule has 0 amide bonds. The van der Waals surface area contributed by atoms with Crippen molar-refractivity contribution >= 4 is 5.97 Å². The van der Waals surface area contributed by atoms with Crippen LogP contribution in [-0.2, 0) is 9.53 Å². The summed E-state index contributed by atoms with van der Waals surface area (Å²) in [5, 5.41) is 0. The molecular weight excluding hydrogens is 228 g/mol. The highest BCUT2D eigenvalue weighted by molar-refractivity contribution is 5.79. The van der Waals surface area contributed by atoms with E-state index in [1.54, 1.807) is 13.8 Å². The molecule has 18 heavy (non-hydrogen) atoms. The standard InChI is InChI=1S/C14H30N2O2/c1-7-18-13(17)14(6,15)8-9-16(12(4)5)10-11(2)3/h11-12H,7-10,15H2,1-6H3. The molecule has 0 aromatic rings. The molecule has 0 saturated heterocycles. The normalized spacial score (nSPS) is 15.2. The predicted molar refractivity (Wildman–Crippen MR) is 75.4 cm³/mol. The van der Waals surface area contributed by atoms with Crippen molar-refractivity contribution < 1.29 is 9.53 Å². The molecule has 4 heteroatoms. The fourth-order valence-corrected chi connectivity index (χ4v) is 1.80. The summed E-state index contributed by atoms with van der Waals surface area (Å²) in [7, 11) is 0. The zero-order valence-electron chi connectivity index (χ0n) is 12.8. The minimum absolute atomic E-state index is 0.307. The SMILES string of the molecule is CCOC(=O)C(C)(N)CCN(CC(C)C)C(C)C. The molecule has 0 radical (unpaired) electrons. The second-order valence-corrected chi connectivity index (χ2v) is 5.87. The molecule has 108 valence electrons. The summed E-state index contributed by atoms with van der Waals surface area (Å²) in [6, 6.07) is 0.463. The molecule has 0 heterocycles. The minimum Gasteiger partial charge on any atom is -0.465 e. The van der Waals surface area contributed by atoms with E-state index < -0.39 is 5.54 Å². The van der Waals surface area contributed by atoms with E-state index in [-0.39, 0.29) is 5.97 Å². The van der Waals surface area contributed by atoms with Crippen LogP contribution in [0.3, 0.4) is 0 Å². The molecule has 1 unspecified atom stereocenters. The van der Waals surface area contributed by atoms with Gasteiger partial charge in [0.2, 0.25) is 0 Å². The fourth-order valence-electron chi connectivity index (χ4n) is 1.80. The van der Waals surface area contributed by atoms with Crippen LogP contribution < -0.4 is 5.73 Å². The maximum absolute atomic E-state index is 11.7. The van der Waals surface area contributed by atoms with E-state index in [1.807, 2.05) is 0 Å². The van der Waals surface area contributed by atoms with Gasteiger partial charge in [0.25, 0.3) is 0 Å². The second-order valence-electron chi connectivity index (χ2n) is 5.87. The van der Waals surface area contributed by atoms with Crippen LogP contribution in [0.2, 0.25) is 0 Å². The van der Waals surface area contributed by atoms with Crippen molar-refractivity contribution in [1.82, 2.24) is 4.90 Å². The van der Waals surface area contributed by atoms with Crippen LogP contribution in [-0.4, -0.2) is 42.1 Å². The Kier molecular flexibility index (Phi) is 7.48. The van der Waals surface area contributed by atoms with Gasteiger partial charge in [-0.1, -0.05) is 13.8 Å². The fraction of sp³-hybridized carbons (Fsp3) is 0.929. The third kappa shape index (κ3) is 6.36. The molecule has 0 aliphatic heterocycles. The van der Waals surface area contributed by atoms with E-state index >= 15 is 0 Å². The van der Waals surface area contributed by atoms with Crippen molar-refractivity contribution in [2.24, 2.45) is 11.7 Å². The highest BCUT2D eigenvalue weighted by atomic mass is 16.5. The summed E-state index contributed by atoms with van der Waals surface area (Å²) < 4.78 is 5.00. The lowest BCUT2D eigenvalue weighted by Gasteiger charge is -2.31. The third-order valence-electron chi connectivity index (χ3n) is 2.99. The molecule has 0 bridgehead atoms. The number of rotatable bonds is 8. The van der Waals surface area contributed by atoms with E-state index in [0.717, 1.165) is 13.1 Å². The summed E-state index contributed by atoms with van der Waals surface area (Å²) in [5.41, 5.74) is 5.14. The van der Waals surface area contributed by atoms with Gasteiger partial charge in [-0.3, -0.25) is 4.79 Å². The molecule has 4 nitrogen and oxygen atoms in total. The number of hydrogen-bond acceptors (Lipinski definition) is 4. The first kappa shape index (κ1) is 17.4. The number of esters is 1. The Morgan fingerprint density at radius 2 is 1.89 bits per heavy atom. The lowest BCUT2D eigenvalue weighted by molar-refractivity contribution is -0.149. The number of ether oxygens (including phenoxy) is 1. The van der Waals surface area contributed by atoms with Crippen LogP contribution >= 0.6 is 0 Å². The van der Waals surface area contributed by atoms with Gasteiger partial charge in [-0.05, 0) is 40.0 Å². The maximum Gasteiger partial charge on any atom is 0.325 e. The zero-order valence-corrected chi connectivity index (χ0v) is 12.8. The van der Waals surface area contributed by atoms with Crippen molar-refractivity contribution in [3.8, 4) is 0 Å². The van der Waals surface area contributed by atoms with Crippen LogP contribution in [0.5, 0.6) is 0 Å². The van der Waals surface area contributed by atoms with Gasteiger partial charge < -0.3 is 15.4 Å². The molecule has 0 fully saturated rings. The summed E-state index contributed by atoms with van der Waals surface area (Å²) in [6.45, 7) is 14.5. The van der Waals surface area contributed by atoms with Gasteiger partial charge in [0, 0.05) is 19.1 Å². The average molecular weight is 258 g/mol. The van der Waals surface area contributed by atoms with Crippen molar-refractivity contribution in [3.05, 3.63) is 0 Å². The van der Waals surface area contributed by atoms with Crippen LogP contribution in [0.1, 0.15) is 48.0 Å². The monoisotopic (exact) mass is 258 g/mol. The molecule has 1 atom stereocenters. The smallest absolute Gasteiger partial charge is 0.325 e. The van der Waals surface area contributed by atoms with Gasteiger partial charge in [0.15, 0.2) is 0 Å². The van der Waals surface area contributed by atoms with Crippen molar-refractivity contribution in [2.75, 3.05) is 19.7 Å². The lowest BCUT2D eigenvalue weighted by Crippen LogP contribution is -2.49. The first-order chi connectivity index (χ1) is 8.20. The van der Waals surface area contributed by atoms with E-state index in [9.17, 15) is 4.79 Å². The molecule has 0 aromatic heterocycles. The lowest BCUT2D eigenvalue weighted by atomic mass is 9.98. The molecule has 0 aliphatic rings. The summed E-state index contributed by atoms with van der Waals surface area (Å²) in [4.78, 5) is 14.1. The average Bonchev–Trinajstić information content (AvgIpc) is 2.23. The van der Waals surface area contributed by atoms with E-state index in [4.69, 9.17) is 10.5 Å². The Morgan fingerprint density at radius 1 is 1.33 bits per heavy atom. The van der Waals surface area contributed by atoms with E-state index in [1.165, 1.54) is 0 Å². The quantitative estimate of drug-likeness (QED) is 0.677. The van der Waals surface area contributed by atoms with Gasteiger partial charge in [-0.2, -0.15) is 0 Å². The zero-order chi connectivity index (χ0) is 14.3. The number of carbonyl (C=O) groups excluding carboxylic acids is 1. The van der Waals surface area contributed by atoms with Crippen molar-refractivity contribution in [2.45, 2.75) is 59.5 Å². The topological polar surface area (TPSA) is 55.6 Å². The first-order valence-electron chi connectivity index (χ1n) is 6.90. The van der Waals surface area contributed by atoms with Gasteiger partial charge in [0.05, 0.1) is 6.61 Å². The van der Waals surface area contributed by atoms with E-state index in [0.29, 0.717) is 25.0 Å². The number of nitrogens with two attached hydrogens (primary N) is 1. The van der Waals surface area contributed by atoms with Crippen LogP contribution in [0.25, 0.3) is 0 Å². The highest BCUT2D eigenvalue weighted by Gasteiger charge is 2.30. The Balaban J connectivity index is 4.36. The van der Waals surface area contributed by atoms with Gasteiger partial charge in [0.1, 0.15) is 5.54 Å². The van der Waals surface area contributed by atoms with Crippen LogP contribution in [0, 0.1) is 5.92 Å². The Morgan fingerprint density at radius 3 is 2.28 bits per heavy atom. The Bertz CT molecular complexity index is 250. The largest absolute Gasteiger partial charge is 0.465 e.